The first-order valence-electron chi connectivity index (χ1n) is 5.80. The van der Waals surface area contributed by atoms with Gasteiger partial charge >= 0.3 is 0 Å². The van der Waals surface area contributed by atoms with Gasteiger partial charge in [-0.2, -0.15) is 0 Å². The van der Waals surface area contributed by atoms with Crippen LogP contribution in [-0.4, -0.2) is 43.3 Å². The van der Waals surface area contributed by atoms with E-state index >= 15 is 0 Å². The standard InChI is InChI=1S/C13H20N2O/c1-11-13(12-7-5-4-6-8-12)16-10-9-15(11)14(2)3/h4-8,11,13H,9-10H2,1-3H3/t11-,13-/m1/s1. The second-order valence-electron chi connectivity index (χ2n) is 4.45. The Hall–Kier alpha value is -0.900. The molecule has 1 aromatic rings. The maximum atomic E-state index is 5.89. The summed E-state index contributed by atoms with van der Waals surface area (Å²) in [4.78, 5) is 0. The van der Waals surface area contributed by atoms with E-state index < -0.39 is 0 Å². The lowest BCUT2D eigenvalue weighted by atomic mass is 10.0. The quantitative estimate of drug-likeness (QED) is 0.757. The average Bonchev–Trinajstić information content (AvgIpc) is 2.30. The molecule has 0 radical (unpaired) electrons. The van der Waals surface area contributed by atoms with Gasteiger partial charge in [0.15, 0.2) is 0 Å². The fourth-order valence-corrected chi connectivity index (χ4v) is 2.35. The topological polar surface area (TPSA) is 15.7 Å². The van der Waals surface area contributed by atoms with Crippen LogP contribution in [0.5, 0.6) is 0 Å². The van der Waals surface area contributed by atoms with Gasteiger partial charge in [0, 0.05) is 20.6 Å². The van der Waals surface area contributed by atoms with E-state index in [2.05, 4.69) is 55.3 Å². The SMILES string of the molecule is C[C@@H]1[C@H](c2ccccc2)OCCN1N(C)C. The van der Waals surface area contributed by atoms with Gasteiger partial charge in [-0.3, -0.25) is 0 Å². The van der Waals surface area contributed by atoms with Crippen LogP contribution >= 0.6 is 0 Å². The molecule has 1 fully saturated rings. The van der Waals surface area contributed by atoms with Crippen molar-refractivity contribution in [2.75, 3.05) is 27.2 Å². The highest BCUT2D eigenvalue weighted by Crippen LogP contribution is 2.28. The van der Waals surface area contributed by atoms with E-state index in [0.29, 0.717) is 6.04 Å². The number of morpholine rings is 1. The molecule has 88 valence electrons. The van der Waals surface area contributed by atoms with E-state index in [1.165, 1.54) is 5.56 Å². The summed E-state index contributed by atoms with van der Waals surface area (Å²) in [5.41, 5.74) is 1.27. The van der Waals surface area contributed by atoms with Crippen molar-refractivity contribution >= 4 is 0 Å². The second-order valence-corrected chi connectivity index (χ2v) is 4.45. The molecule has 0 saturated carbocycles. The molecule has 0 bridgehead atoms. The van der Waals surface area contributed by atoms with E-state index in [0.717, 1.165) is 13.2 Å². The van der Waals surface area contributed by atoms with Gasteiger partial charge in [-0.1, -0.05) is 30.3 Å². The molecular weight excluding hydrogens is 200 g/mol. The molecule has 3 heteroatoms. The molecule has 0 aliphatic carbocycles. The molecule has 0 N–H and O–H groups in total. The highest BCUT2D eigenvalue weighted by Gasteiger charge is 2.30. The van der Waals surface area contributed by atoms with Gasteiger partial charge in [0.2, 0.25) is 0 Å². The summed E-state index contributed by atoms with van der Waals surface area (Å²) < 4.78 is 5.89. The zero-order valence-electron chi connectivity index (χ0n) is 10.3. The second kappa shape index (κ2) is 4.95. The highest BCUT2D eigenvalue weighted by atomic mass is 16.5. The van der Waals surface area contributed by atoms with E-state index in [-0.39, 0.29) is 6.10 Å². The van der Waals surface area contributed by atoms with Crippen molar-refractivity contribution in [2.24, 2.45) is 0 Å². The number of nitrogens with zero attached hydrogens (tertiary/aromatic N) is 2. The Morgan fingerprint density at radius 2 is 1.94 bits per heavy atom. The lowest BCUT2D eigenvalue weighted by molar-refractivity contribution is -0.140. The van der Waals surface area contributed by atoms with Crippen molar-refractivity contribution in [3.05, 3.63) is 35.9 Å². The van der Waals surface area contributed by atoms with Gasteiger partial charge in [-0.15, -0.1) is 0 Å². The van der Waals surface area contributed by atoms with Crippen molar-refractivity contribution in [1.29, 1.82) is 0 Å². The molecule has 3 nitrogen and oxygen atoms in total. The van der Waals surface area contributed by atoms with Crippen LogP contribution < -0.4 is 0 Å². The molecule has 1 aliphatic rings. The first kappa shape index (κ1) is 11.6. The minimum Gasteiger partial charge on any atom is -0.370 e. The van der Waals surface area contributed by atoms with Crippen LogP contribution in [0.3, 0.4) is 0 Å². The van der Waals surface area contributed by atoms with Gasteiger partial charge < -0.3 is 4.74 Å². The largest absolute Gasteiger partial charge is 0.370 e. The third-order valence-corrected chi connectivity index (χ3v) is 3.17. The number of ether oxygens (including phenoxy) is 1. The van der Waals surface area contributed by atoms with Gasteiger partial charge in [0.1, 0.15) is 0 Å². The van der Waals surface area contributed by atoms with E-state index in [9.17, 15) is 0 Å². The molecular formula is C13H20N2O. The predicted octanol–water partition coefficient (Wildman–Crippen LogP) is 1.93. The number of hydrazine groups is 1. The number of hydrogen-bond donors (Lipinski definition) is 0. The number of benzene rings is 1. The molecule has 1 aliphatic heterocycles. The summed E-state index contributed by atoms with van der Waals surface area (Å²) in [5, 5.41) is 4.50. The Morgan fingerprint density at radius 3 is 2.56 bits per heavy atom. The van der Waals surface area contributed by atoms with Gasteiger partial charge in [0.05, 0.1) is 18.8 Å². The minimum absolute atomic E-state index is 0.178. The summed E-state index contributed by atoms with van der Waals surface area (Å²) in [6.45, 7) is 3.98. The maximum absolute atomic E-state index is 5.89. The third-order valence-electron chi connectivity index (χ3n) is 3.17. The van der Waals surface area contributed by atoms with Crippen LogP contribution in [0.1, 0.15) is 18.6 Å². The van der Waals surface area contributed by atoms with E-state index in [4.69, 9.17) is 4.74 Å². The van der Waals surface area contributed by atoms with Crippen molar-refractivity contribution in [3.63, 3.8) is 0 Å². The summed E-state index contributed by atoms with van der Waals surface area (Å²) in [6.07, 6.45) is 0.178. The molecule has 1 aromatic carbocycles. The summed E-state index contributed by atoms with van der Waals surface area (Å²) in [7, 11) is 4.17. The smallest absolute Gasteiger partial charge is 0.0992 e. The predicted molar refractivity (Wildman–Crippen MR) is 65.0 cm³/mol. The fraction of sp³-hybridized carbons (Fsp3) is 0.538. The first-order valence-corrected chi connectivity index (χ1v) is 5.80. The van der Waals surface area contributed by atoms with Crippen LogP contribution in [0, 0.1) is 0 Å². The Labute approximate surface area is 97.6 Å². The zero-order chi connectivity index (χ0) is 11.5. The number of rotatable bonds is 2. The lowest BCUT2D eigenvalue weighted by Crippen LogP contribution is -2.51. The molecule has 1 saturated heterocycles. The van der Waals surface area contributed by atoms with Gasteiger partial charge in [-0.05, 0) is 12.5 Å². The summed E-state index contributed by atoms with van der Waals surface area (Å²) >= 11 is 0. The van der Waals surface area contributed by atoms with Crippen molar-refractivity contribution < 1.29 is 4.74 Å². The Balaban J connectivity index is 2.16. The molecule has 2 atom stereocenters. The fourth-order valence-electron chi connectivity index (χ4n) is 2.35. The van der Waals surface area contributed by atoms with Crippen molar-refractivity contribution in [3.8, 4) is 0 Å². The number of hydrogen-bond acceptors (Lipinski definition) is 3. The molecule has 16 heavy (non-hydrogen) atoms. The monoisotopic (exact) mass is 220 g/mol. The van der Waals surface area contributed by atoms with Crippen LogP contribution in [0.2, 0.25) is 0 Å². The first-order chi connectivity index (χ1) is 7.70. The molecule has 0 spiro atoms. The minimum atomic E-state index is 0.178. The lowest BCUT2D eigenvalue weighted by Gasteiger charge is -2.42. The summed E-state index contributed by atoms with van der Waals surface area (Å²) in [5.74, 6) is 0. The molecule has 0 unspecified atom stereocenters. The van der Waals surface area contributed by atoms with Crippen LogP contribution in [-0.2, 0) is 4.74 Å². The normalized spacial score (nSPS) is 27.2. The zero-order valence-corrected chi connectivity index (χ0v) is 10.3. The van der Waals surface area contributed by atoms with Gasteiger partial charge in [0.25, 0.3) is 0 Å². The van der Waals surface area contributed by atoms with Crippen LogP contribution in [0.15, 0.2) is 30.3 Å². The molecule has 1 heterocycles. The molecule has 0 aromatic heterocycles. The van der Waals surface area contributed by atoms with E-state index in [1.54, 1.807) is 0 Å². The molecule has 0 amide bonds. The Kier molecular flexibility index (Phi) is 3.59. The van der Waals surface area contributed by atoms with Gasteiger partial charge in [-0.25, -0.2) is 10.0 Å². The Bertz CT molecular complexity index is 326. The molecule has 2 rings (SSSR count). The van der Waals surface area contributed by atoms with E-state index in [1.807, 2.05) is 6.07 Å². The maximum Gasteiger partial charge on any atom is 0.0992 e. The van der Waals surface area contributed by atoms with Crippen LogP contribution in [0.25, 0.3) is 0 Å². The Morgan fingerprint density at radius 1 is 1.25 bits per heavy atom. The van der Waals surface area contributed by atoms with Crippen LogP contribution in [0.4, 0.5) is 0 Å². The third kappa shape index (κ3) is 2.26. The average molecular weight is 220 g/mol. The van der Waals surface area contributed by atoms with Crippen molar-refractivity contribution in [1.82, 2.24) is 10.0 Å². The highest BCUT2D eigenvalue weighted by molar-refractivity contribution is 5.19. The van der Waals surface area contributed by atoms with Crippen molar-refractivity contribution in [2.45, 2.75) is 19.1 Å². The summed E-state index contributed by atoms with van der Waals surface area (Å²) in [6, 6.07) is 10.8.